The molecule has 1 aromatic heterocycles. The van der Waals surface area contributed by atoms with Crippen LogP contribution in [0.25, 0.3) is 75.1 Å². The van der Waals surface area contributed by atoms with E-state index in [1.54, 1.807) is 0 Å². The zero-order valence-electron chi connectivity index (χ0n) is 28.4. The highest BCUT2D eigenvalue weighted by Crippen LogP contribution is 2.42. The maximum Gasteiger partial charge on any atom is 0.0468 e. The van der Waals surface area contributed by atoms with Gasteiger partial charge in [0, 0.05) is 37.2 Å². The fourth-order valence-electron chi connectivity index (χ4n) is 7.64. The molecule has 10 aromatic rings. The molecule has 0 unspecified atom stereocenters. The molecule has 0 radical (unpaired) electrons. The summed E-state index contributed by atoms with van der Waals surface area (Å²) in [6.07, 6.45) is 0. The van der Waals surface area contributed by atoms with Crippen molar-refractivity contribution in [3.63, 3.8) is 0 Å². The molecule has 10 rings (SSSR count). The van der Waals surface area contributed by atoms with E-state index in [2.05, 4.69) is 205 Å². The highest BCUT2D eigenvalue weighted by atomic mass is 32.1. The quantitative estimate of drug-likeness (QED) is 0.158. The van der Waals surface area contributed by atoms with Gasteiger partial charge < -0.3 is 4.90 Å². The molecular formula is C50H33NS. The first-order chi connectivity index (χ1) is 25.8. The highest BCUT2D eigenvalue weighted by Gasteiger charge is 2.16. The molecule has 0 bridgehead atoms. The van der Waals surface area contributed by atoms with E-state index in [9.17, 15) is 0 Å². The second kappa shape index (κ2) is 12.7. The molecule has 0 aliphatic heterocycles. The molecule has 1 nitrogen and oxygen atoms in total. The second-order valence-electron chi connectivity index (χ2n) is 13.3. The van der Waals surface area contributed by atoms with Gasteiger partial charge in [-0.2, -0.15) is 0 Å². The van der Waals surface area contributed by atoms with Crippen LogP contribution in [-0.2, 0) is 0 Å². The SMILES string of the molecule is c1ccc(-c2ccc(-c3ccc(N(c4ccc(-c5cccc6c5sc5ccccc56)cc4)c4ccc5c(ccc6ccccc65)c4)cc3)cc2)cc1. The Hall–Kier alpha value is -6.48. The molecule has 244 valence electrons. The summed E-state index contributed by atoms with van der Waals surface area (Å²) in [5, 5.41) is 7.68. The van der Waals surface area contributed by atoms with E-state index < -0.39 is 0 Å². The third kappa shape index (κ3) is 5.33. The van der Waals surface area contributed by atoms with Gasteiger partial charge in [0.2, 0.25) is 0 Å². The van der Waals surface area contributed by atoms with Crippen molar-refractivity contribution in [2.75, 3.05) is 4.90 Å². The average Bonchev–Trinajstić information content (AvgIpc) is 3.61. The lowest BCUT2D eigenvalue weighted by molar-refractivity contribution is 1.29. The number of rotatable bonds is 6. The summed E-state index contributed by atoms with van der Waals surface area (Å²) in [5.74, 6) is 0. The van der Waals surface area contributed by atoms with E-state index in [1.807, 2.05) is 11.3 Å². The Kier molecular flexibility index (Phi) is 7.41. The second-order valence-corrected chi connectivity index (χ2v) is 14.4. The fourth-order valence-corrected chi connectivity index (χ4v) is 8.88. The van der Waals surface area contributed by atoms with E-state index in [0.717, 1.165) is 17.1 Å². The third-order valence-electron chi connectivity index (χ3n) is 10.3. The molecule has 0 spiro atoms. The molecule has 0 saturated carbocycles. The van der Waals surface area contributed by atoms with Crippen molar-refractivity contribution in [3.05, 3.63) is 200 Å². The van der Waals surface area contributed by atoms with E-state index in [0.29, 0.717) is 0 Å². The highest BCUT2D eigenvalue weighted by molar-refractivity contribution is 7.26. The maximum atomic E-state index is 2.38. The minimum absolute atomic E-state index is 1.11. The number of nitrogens with zero attached hydrogens (tertiary/aromatic N) is 1. The van der Waals surface area contributed by atoms with Gasteiger partial charge >= 0.3 is 0 Å². The van der Waals surface area contributed by atoms with Crippen LogP contribution in [0.2, 0.25) is 0 Å². The van der Waals surface area contributed by atoms with Gasteiger partial charge in [0.25, 0.3) is 0 Å². The normalized spacial score (nSPS) is 11.5. The van der Waals surface area contributed by atoms with Crippen LogP contribution in [-0.4, -0.2) is 0 Å². The first-order valence-electron chi connectivity index (χ1n) is 17.8. The molecule has 9 aromatic carbocycles. The molecule has 0 aliphatic carbocycles. The minimum Gasteiger partial charge on any atom is -0.310 e. The van der Waals surface area contributed by atoms with Crippen molar-refractivity contribution in [1.29, 1.82) is 0 Å². The Morgan fingerprint density at radius 3 is 1.56 bits per heavy atom. The van der Waals surface area contributed by atoms with Gasteiger partial charge in [-0.1, -0.05) is 158 Å². The van der Waals surface area contributed by atoms with Crippen molar-refractivity contribution in [2.45, 2.75) is 0 Å². The van der Waals surface area contributed by atoms with Crippen LogP contribution in [0.4, 0.5) is 17.1 Å². The minimum atomic E-state index is 1.11. The molecule has 0 atom stereocenters. The van der Waals surface area contributed by atoms with Crippen molar-refractivity contribution >= 4 is 70.1 Å². The molecule has 2 heteroatoms. The van der Waals surface area contributed by atoms with E-state index in [1.165, 1.54) is 75.1 Å². The summed E-state index contributed by atoms with van der Waals surface area (Å²) in [5.41, 5.74) is 10.7. The molecular weight excluding hydrogens is 647 g/mol. The van der Waals surface area contributed by atoms with Crippen molar-refractivity contribution in [3.8, 4) is 33.4 Å². The summed E-state index contributed by atoms with van der Waals surface area (Å²) in [6, 6.07) is 72.9. The standard InChI is InChI=1S/C50H33NS/c1-2-9-34(10-3-1)35-17-19-36(20-18-35)37-23-27-41(28-24-37)51(43-31-32-45-40(33-43)22-21-38-11-4-5-12-44(38)45)42-29-25-39(26-30-42)46-14-8-15-48-47-13-6-7-16-49(47)52-50(46)48/h1-33H. The van der Waals surface area contributed by atoms with E-state index in [4.69, 9.17) is 0 Å². The Morgan fingerprint density at radius 1 is 0.308 bits per heavy atom. The van der Waals surface area contributed by atoms with Crippen LogP contribution in [0.5, 0.6) is 0 Å². The van der Waals surface area contributed by atoms with Crippen LogP contribution in [0.1, 0.15) is 0 Å². The van der Waals surface area contributed by atoms with Crippen LogP contribution >= 0.6 is 11.3 Å². The number of anilines is 3. The van der Waals surface area contributed by atoms with Crippen LogP contribution in [0, 0.1) is 0 Å². The van der Waals surface area contributed by atoms with Gasteiger partial charge in [-0.05, 0) is 97.4 Å². The maximum absolute atomic E-state index is 2.38. The number of fused-ring (bicyclic) bond motifs is 6. The monoisotopic (exact) mass is 679 g/mol. The van der Waals surface area contributed by atoms with Gasteiger partial charge in [0.1, 0.15) is 0 Å². The topological polar surface area (TPSA) is 3.24 Å². The number of thiophene rings is 1. The summed E-state index contributed by atoms with van der Waals surface area (Å²) in [4.78, 5) is 2.38. The summed E-state index contributed by atoms with van der Waals surface area (Å²) in [6.45, 7) is 0. The van der Waals surface area contributed by atoms with Gasteiger partial charge in [-0.15, -0.1) is 11.3 Å². The average molecular weight is 680 g/mol. The molecule has 1 heterocycles. The van der Waals surface area contributed by atoms with E-state index in [-0.39, 0.29) is 0 Å². The smallest absolute Gasteiger partial charge is 0.0468 e. The number of hydrogen-bond donors (Lipinski definition) is 0. The van der Waals surface area contributed by atoms with Crippen molar-refractivity contribution in [2.24, 2.45) is 0 Å². The van der Waals surface area contributed by atoms with Gasteiger partial charge in [-0.3, -0.25) is 0 Å². The molecule has 0 N–H and O–H groups in total. The Bertz CT molecular complexity index is 2870. The molecule has 52 heavy (non-hydrogen) atoms. The Balaban J connectivity index is 1.05. The molecule has 0 fully saturated rings. The lowest BCUT2D eigenvalue weighted by Gasteiger charge is -2.26. The molecule has 0 saturated heterocycles. The Morgan fingerprint density at radius 2 is 0.827 bits per heavy atom. The first kappa shape index (κ1) is 30.4. The first-order valence-corrected chi connectivity index (χ1v) is 18.6. The van der Waals surface area contributed by atoms with Crippen molar-refractivity contribution < 1.29 is 0 Å². The van der Waals surface area contributed by atoms with Crippen LogP contribution in [0.3, 0.4) is 0 Å². The number of benzene rings is 9. The summed E-state index contributed by atoms with van der Waals surface area (Å²) in [7, 11) is 0. The van der Waals surface area contributed by atoms with Crippen molar-refractivity contribution in [1.82, 2.24) is 0 Å². The lowest BCUT2D eigenvalue weighted by Crippen LogP contribution is -2.09. The Labute approximate surface area is 307 Å². The van der Waals surface area contributed by atoms with Gasteiger partial charge in [0.15, 0.2) is 0 Å². The third-order valence-corrected chi connectivity index (χ3v) is 11.5. The molecule has 0 amide bonds. The van der Waals surface area contributed by atoms with Crippen LogP contribution < -0.4 is 4.90 Å². The lowest BCUT2D eigenvalue weighted by atomic mass is 9.99. The summed E-state index contributed by atoms with van der Waals surface area (Å²) >= 11 is 1.88. The largest absolute Gasteiger partial charge is 0.310 e. The van der Waals surface area contributed by atoms with Gasteiger partial charge in [-0.25, -0.2) is 0 Å². The number of hydrogen-bond acceptors (Lipinski definition) is 2. The fraction of sp³-hybridized carbons (Fsp3) is 0. The van der Waals surface area contributed by atoms with E-state index >= 15 is 0 Å². The van der Waals surface area contributed by atoms with Gasteiger partial charge in [0.05, 0.1) is 0 Å². The summed E-state index contributed by atoms with van der Waals surface area (Å²) < 4.78 is 2.66. The molecule has 0 aliphatic rings. The zero-order chi connectivity index (χ0) is 34.4. The predicted molar refractivity (Wildman–Crippen MR) is 225 cm³/mol. The van der Waals surface area contributed by atoms with Crippen LogP contribution in [0.15, 0.2) is 200 Å². The zero-order valence-corrected chi connectivity index (χ0v) is 29.2. The predicted octanol–water partition coefficient (Wildman–Crippen LogP) is 14.8.